The fourth-order valence-electron chi connectivity index (χ4n) is 2.38. The molecule has 0 bridgehead atoms. The Bertz CT molecular complexity index is 930. The average Bonchev–Trinajstić information content (AvgIpc) is 2.63. The highest BCUT2D eigenvalue weighted by atomic mass is 35.5. The molecule has 2 aromatic carbocycles. The molecule has 0 aliphatic carbocycles. The van der Waals surface area contributed by atoms with Crippen molar-refractivity contribution in [1.29, 1.82) is 0 Å². The number of carbonyl (C=O) groups is 1. The molecule has 0 aliphatic rings. The van der Waals surface area contributed by atoms with Gasteiger partial charge in [0.25, 0.3) is 5.91 Å². The molecule has 0 unspecified atom stereocenters. The molecule has 1 aromatic heterocycles. The molecule has 1 amide bonds. The summed E-state index contributed by atoms with van der Waals surface area (Å²) in [7, 11) is 1.79. The SMILES string of the molecule is CNc1cc(C)nc(Nc2ccc(Cl)c(C(=O)Nc3ccccc3)c2)n1. The number of anilines is 4. The number of aryl methyl sites for hydroxylation is 1. The van der Waals surface area contributed by atoms with E-state index in [-0.39, 0.29) is 5.91 Å². The van der Waals surface area contributed by atoms with Crippen molar-refractivity contribution in [2.45, 2.75) is 6.92 Å². The van der Waals surface area contributed by atoms with E-state index in [9.17, 15) is 4.79 Å². The Kier molecular flexibility index (Phi) is 5.34. The quantitative estimate of drug-likeness (QED) is 0.619. The minimum atomic E-state index is -0.286. The van der Waals surface area contributed by atoms with Gasteiger partial charge in [0.15, 0.2) is 0 Å². The van der Waals surface area contributed by atoms with Crippen LogP contribution in [0.25, 0.3) is 0 Å². The Hall–Kier alpha value is -3.12. The molecule has 26 heavy (non-hydrogen) atoms. The Morgan fingerprint density at radius 3 is 2.50 bits per heavy atom. The first-order valence-electron chi connectivity index (χ1n) is 8.01. The summed E-state index contributed by atoms with van der Waals surface area (Å²) in [4.78, 5) is 21.2. The summed E-state index contributed by atoms with van der Waals surface area (Å²) < 4.78 is 0. The predicted octanol–water partition coefficient (Wildman–Crippen LogP) is 4.48. The Labute approximate surface area is 156 Å². The van der Waals surface area contributed by atoms with Crippen LogP contribution in [0, 0.1) is 6.92 Å². The fourth-order valence-corrected chi connectivity index (χ4v) is 2.58. The number of benzene rings is 2. The van der Waals surface area contributed by atoms with Crippen LogP contribution in [-0.4, -0.2) is 22.9 Å². The van der Waals surface area contributed by atoms with Crippen molar-refractivity contribution in [3.63, 3.8) is 0 Å². The zero-order valence-corrected chi connectivity index (χ0v) is 15.1. The highest BCUT2D eigenvalue weighted by molar-refractivity contribution is 6.34. The van der Waals surface area contributed by atoms with Crippen molar-refractivity contribution < 1.29 is 4.79 Å². The van der Waals surface area contributed by atoms with Gasteiger partial charge in [-0.25, -0.2) is 4.98 Å². The molecule has 0 fully saturated rings. The standard InChI is InChI=1S/C19H18ClN5O/c1-12-10-17(21-2)25-19(22-12)24-14-8-9-16(20)15(11-14)18(26)23-13-6-4-3-5-7-13/h3-11H,1-2H3,(H,23,26)(H2,21,22,24,25). The molecule has 0 spiro atoms. The van der Waals surface area contributed by atoms with Crippen LogP contribution in [0.2, 0.25) is 5.02 Å². The average molecular weight is 368 g/mol. The topological polar surface area (TPSA) is 78.9 Å². The summed E-state index contributed by atoms with van der Waals surface area (Å²) in [6.07, 6.45) is 0. The number of aromatic nitrogens is 2. The third-order valence-corrected chi connectivity index (χ3v) is 3.94. The van der Waals surface area contributed by atoms with Gasteiger partial charge in [-0.3, -0.25) is 4.79 Å². The third kappa shape index (κ3) is 4.29. The van der Waals surface area contributed by atoms with E-state index in [2.05, 4.69) is 25.9 Å². The van der Waals surface area contributed by atoms with E-state index in [0.29, 0.717) is 33.7 Å². The molecule has 0 saturated heterocycles. The highest BCUT2D eigenvalue weighted by Gasteiger charge is 2.12. The molecule has 0 saturated carbocycles. The number of amides is 1. The van der Waals surface area contributed by atoms with Crippen molar-refractivity contribution in [1.82, 2.24) is 9.97 Å². The van der Waals surface area contributed by atoms with E-state index in [4.69, 9.17) is 11.6 Å². The Morgan fingerprint density at radius 2 is 1.77 bits per heavy atom. The second kappa shape index (κ2) is 7.84. The molecular formula is C19H18ClN5O. The molecule has 132 valence electrons. The lowest BCUT2D eigenvalue weighted by molar-refractivity contribution is 0.102. The zero-order chi connectivity index (χ0) is 18.5. The molecule has 3 rings (SSSR count). The lowest BCUT2D eigenvalue weighted by Gasteiger charge is -2.11. The Balaban J connectivity index is 1.83. The van der Waals surface area contributed by atoms with E-state index in [0.717, 1.165) is 5.69 Å². The van der Waals surface area contributed by atoms with E-state index in [1.165, 1.54) is 0 Å². The van der Waals surface area contributed by atoms with Gasteiger partial charge < -0.3 is 16.0 Å². The maximum atomic E-state index is 12.5. The summed E-state index contributed by atoms with van der Waals surface area (Å²) in [5.74, 6) is 0.855. The summed E-state index contributed by atoms with van der Waals surface area (Å²) in [5, 5.41) is 9.28. The molecule has 0 atom stereocenters. The van der Waals surface area contributed by atoms with Gasteiger partial charge >= 0.3 is 0 Å². The third-order valence-electron chi connectivity index (χ3n) is 3.61. The van der Waals surface area contributed by atoms with Gasteiger partial charge in [0.1, 0.15) is 5.82 Å². The molecule has 0 aliphatic heterocycles. The largest absolute Gasteiger partial charge is 0.373 e. The molecular weight excluding hydrogens is 350 g/mol. The number of nitrogens with one attached hydrogen (secondary N) is 3. The lowest BCUT2D eigenvalue weighted by Crippen LogP contribution is -2.13. The van der Waals surface area contributed by atoms with E-state index >= 15 is 0 Å². The van der Waals surface area contributed by atoms with E-state index in [1.54, 1.807) is 25.2 Å². The maximum absolute atomic E-state index is 12.5. The van der Waals surface area contributed by atoms with Crippen LogP contribution in [0.5, 0.6) is 0 Å². The first-order valence-corrected chi connectivity index (χ1v) is 8.39. The molecule has 7 heteroatoms. The molecule has 3 aromatic rings. The minimum Gasteiger partial charge on any atom is -0.373 e. The van der Waals surface area contributed by atoms with Crippen LogP contribution in [0.15, 0.2) is 54.6 Å². The van der Waals surface area contributed by atoms with Gasteiger partial charge in [0.05, 0.1) is 10.6 Å². The highest BCUT2D eigenvalue weighted by Crippen LogP contribution is 2.24. The van der Waals surface area contributed by atoms with Gasteiger partial charge in [0.2, 0.25) is 5.95 Å². The number of halogens is 1. The zero-order valence-electron chi connectivity index (χ0n) is 14.4. The van der Waals surface area contributed by atoms with Crippen LogP contribution < -0.4 is 16.0 Å². The number of hydrogen-bond acceptors (Lipinski definition) is 5. The molecule has 6 nitrogen and oxygen atoms in total. The van der Waals surface area contributed by atoms with Crippen molar-refractivity contribution in [3.05, 3.63) is 70.9 Å². The summed E-state index contributed by atoms with van der Waals surface area (Å²) in [6, 6.07) is 16.2. The van der Waals surface area contributed by atoms with Gasteiger partial charge in [0, 0.05) is 30.2 Å². The van der Waals surface area contributed by atoms with Crippen molar-refractivity contribution in [2.24, 2.45) is 0 Å². The molecule has 3 N–H and O–H groups in total. The second-order valence-corrected chi connectivity index (χ2v) is 6.02. The normalized spacial score (nSPS) is 10.3. The van der Waals surface area contributed by atoms with Gasteiger partial charge in [-0.1, -0.05) is 29.8 Å². The van der Waals surface area contributed by atoms with Gasteiger partial charge in [-0.15, -0.1) is 0 Å². The first-order chi connectivity index (χ1) is 12.5. The minimum absolute atomic E-state index is 0.286. The summed E-state index contributed by atoms with van der Waals surface area (Å²) in [6.45, 7) is 1.88. The van der Waals surface area contributed by atoms with E-state index in [1.807, 2.05) is 43.3 Å². The van der Waals surface area contributed by atoms with Crippen LogP contribution >= 0.6 is 11.6 Å². The monoisotopic (exact) mass is 367 g/mol. The van der Waals surface area contributed by atoms with Crippen LogP contribution in [0.3, 0.4) is 0 Å². The number of para-hydroxylation sites is 1. The summed E-state index contributed by atoms with van der Waals surface area (Å²) >= 11 is 6.20. The van der Waals surface area contributed by atoms with Crippen molar-refractivity contribution in [2.75, 3.05) is 23.0 Å². The maximum Gasteiger partial charge on any atom is 0.257 e. The summed E-state index contributed by atoms with van der Waals surface area (Å²) in [5.41, 5.74) is 2.55. The van der Waals surface area contributed by atoms with Crippen LogP contribution in [0.1, 0.15) is 16.1 Å². The Morgan fingerprint density at radius 1 is 1.00 bits per heavy atom. The second-order valence-electron chi connectivity index (χ2n) is 5.61. The van der Waals surface area contributed by atoms with Crippen LogP contribution in [0.4, 0.5) is 23.1 Å². The lowest BCUT2D eigenvalue weighted by atomic mass is 10.1. The molecule has 0 radical (unpaired) electrons. The fraction of sp³-hybridized carbons (Fsp3) is 0.105. The van der Waals surface area contributed by atoms with Crippen molar-refractivity contribution in [3.8, 4) is 0 Å². The van der Waals surface area contributed by atoms with Gasteiger partial charge in [-0.05, 0) is 37.3 Å². The number of nitrogens with zero attached hydrogens (tertiary/aromatic N) is 2. The van der Waals surface area contributed by atoms with Crippen LogP contribution in [-0.2, 0) is 0 Å². The van der Waals surface area contributed by atoms with Gasteiger partial charge in [-0.2, -0.15) is 4.98 Å². The number of hydrogen-bond donors (Lipinski definition) is 3. The van der Waals surface area contributed by atoms with E-state index < -0.39 is 0 Å². The number of rotatable bonds is 5. The molecule has 1 heterocycles. The predicted molar refractivity (Wildman–Crippen MR) is 105 cm³/mol. The number of carbonyl (C=O) groups excluding carboxylic acids is 1. The van der Waals surface area contributed by atoms with Crippen molar-refractivity contribution >= 4 is 40.6 Å². The smallest absolute Gasteiger partial charge is 0.257 e. The first kappa shape index (κ1) is 17.7.